The fraction of sp³-hybridized carbons (Fsp3) is 0.500. The Balaban J connectivity index is 2.30. The fourth-order valence-electron chi connectivity index (χ4n) is 1.40. The Bertz CT molecular complexity index is 391. The quantitative estimate of drug-likeness (QED) is 0.554. The van der Waals surface area contributed by atoms with Gasteiger partial charge in [-0.15, -0.1) is 0 Å². The molecule has 0 aliphatic rings. The molecule has 0 spiro atoms. The summed E-state index contributed by atoms with van der Waals surface area (Å²) in [5.74, 6) is -0.772. The molecule has 0 amide bonds. The number of esters is 1. The van der Waals surface area contributed by atoms with Crippen molar-refractivity contribution >= 4 is 5.97 Å². The summed E-state index contributed by atoms with van der Waals surface area (Å²) in [7, 11) is 0. The van der Waals surface area contributed by atoms with Gasteiger partial charge < -0.3 is 9.47 Å². The smallest absolute Gasteiger partial charge is 0.338 e. The van der Waals surface area contributed by atoms with Crippen molar-refractivity contribution in [1.82, 2.24) is 0 Å². The van der Waals surface area contributed by atoms with Crippen molar-refractivity contribution in [3.63, 3.8) is 0 Å². The lowest BCUT2D eigenvalue weighted by atomic mass is 10.1. The number of ether oxygens (including phenoxy) is 2. The predicted octanol–water partition coefficient (Wildman–Crippen LogP) is 3.11. The largest absolute Gasteiger partial charge is 0.460 e. The van der Waals surface area contributed by atoms with Crippen molar-refractivity contribution < 1.29 is 18.7 Å². The normalized spacial score (nSPS) is 10.4. The Morgan fingerprint density at radius 1 is 1.28 bits per heavy atom. The average molecular weight is 254 g/mol. The molecule has 0 heterocycles. The van der Waals surface area contributed by atoms with Gasteiger partial charge in [-0.25, -0.2) is 9.18 Å². The van der Waals surface area contributed by atoms with E-state index in [0.717, 1.165) is 12.8 Å². The average Bonchev–Trinajstić information content (AvgIpc) is 2.36. The summed E-state index contributed by atoms with van der Waals surface area (Å²) >= 11 is 0. The van der Waals surface area contributed by atoms with Gasteiger partial charge in [0.15, 0.2) is 0 Å². The van der Waals surface area contributed by atoms with Crippen LogP contribution in [0.4, 0.5) is 4.39 Å². The van der Waals surface area contributed by atoms with Crippen molar-refractivity contribution in [1.29, 1.82) is 0 Å². The summed E-state index contributed by atoms with van der Waals surface area (Å²) in [5.41, 5.74) is 0.797. The van der Waals surface area contributed by atoms with Crippen LogP contribution in [0.15, 0.2) is 18.2 Å². The highest BCUT2D eigenvalue weighted by atomic mass is 19.1. The summed E-state index contributed by atoms with van der Waals surface area (Å²) < 4.78 is 23.3. The lowest BCUT2D eigenvalue weighted by molar-refractivity contribution is 0.0313. The molecule has 1 aromatic carbocycles. The fourth-order valence-corrected chi connectivity index (χ4v) is 1.40. The third-order valence-electron chi connectivity index (χ3n) is 2.50. The number of hydrogen-bond donors (Lipinski definition) is 0. The van der Waals surface area contributed by atoms with Crippen molar-refractivity contribution in [3.05, 3.63) is 35.1 Å². The molecule has 0 atom stereocenters. The van der Waals surface area contributed by atoms with E-state index in [0.29, 0.717) is 24.3 Å². The number of unbranched alkanes of at least 4 members (excludes halogenated alkanes) is 1. The van der Waals surface area contributed by atoms with E-state index in [9.17, 15) is 9.18 Å². The number of carbonyl (C=O) groups is 1. The Morgan fingerprint density at radius 3 is 2.72 bits per heavy atom. The van der Waals surface area contributed by atoms with E-state index in [1.165, 1.54) is 18.2 Å². The summed E-state index contributed by atoms with van der Waals surface area (Å²) in [6, 6.07) is 4.17. The highest BCUT2D eigenvalue weighted by Crippen LogP contribution is 2.10. The molecule has 1 aromatic rings. The maximum absolute atomic E-state index is 13.0. The van der Waals surface area contributed by atoms with Crippen LogP contribution in [-0.4, -0.2) is 25.8 Å². The monoisotopic (exact) mass is 254 g/mol. The minimum atomic E-state index is -0.447. The Labute approximate surface area is 107 Å². The van der Waals surface area contributed by atoms with Gasteiger partial charge in [-0.1, -0.05) is 13.3 Å². The summed E-state index contributed by atoms with van der Waals surface area (Å²) in [6.45, 7) is 4.99. The number of benzene rings is 1. The summed E-state index contributed by atoms with van der Waals surface area (Å²) in [6.07, 6.45) is 2.08. The van der Waals surface area contributed by atoms with Crippen LogP contribution in [0, 0.1) is 12.7 Å². The number of rotatable bonds is 7. The standard InChI is InChI=1S/C14H19FO3/c1-3-4-7-17-8-9-18-14(16)12-5-6-13(15)11(2)10-12/h5-6,10H,3-4,7-9H2,1-2H3. The molecular formula is C14H19FO3. The van der Waals surface area contributed by atoms with E-state index in [1.54, 1.807) is 6.92 Å². The molecule has 0 radical (unpaired) electrons. The van der Waals surface area contributed by atoms with Gasteiger partial charge in [0, 0.05) is 6.61 Å². The maximum Gasteiger partial charge on any atom is 0.338 e. The molecular weight excluding hydrogens is 235 g/mol. The molecule has 0 saturated carbocycles. The first-order chi connectivity index (χ1) is 8.65. The van der Waals surface area contributed by atoms with E-state index in [1.807, 2.05) is 0 Å². The van der Waals surface area contributed by atoms with Crippen LogP contribution in [-0.2, 0) is 9.47 Å². The highest BCUT2D eigenvalue weighted by Gasteiger charge is 2.08. The molecule has 18 heavy (non-hydrogen) atoms. The second kappa shape index (κ2) is 7.82. The van der Waals surface area contributed by atoms with Gasteiger partial charge in [0.1, 0.15) is 12.4 Å². The molecule has 100 valence electrons. The van der Waals surface area contributed by atoms with Gasteiger partial charge in [-0.05, 0) is 37.1 Å². The van der Waals surface area contributed by atoms with Gasteiger partial charge in [-0.2, -0.15) is 0 Å². The zero-order valence-electron chi connectivity index (χ0n) is 10.9. The van der Waals surface area contributed by atoms with Crippen LogP contribution >= 0.6 is 0 Å². The SMILES string of the molecule is CCCCOCCOC(=O)c1ccc(F)c(C)c1. The van der Waals surface area contributed by atoms with E-state index < -0.39 is 5.97 Å². The first-order valence-electron chi connectivity index (χ1n) is 6.16. The first-order valence-corrected chi connectivity index (χ1v) is 6.16. The molecule has 0 N–H and O–H groups in total. The second-order valence-electron chi connectivity index (χ2n) is 4.07. The van der Waals surface area contributed by atoms with Crippen LogP contribution in [0.5, 0.6) is 0 Å². The van der Waals surface area contributed by atoms with Crippen LogP contribution in [0.1, 0.15) is 35.7 Å². The molecule has 0 unspecified atom stereocenters. The number of aryl methyl sites for hydroxylation is 1. The summed E-state index contributed by atoms with van der Waals surface area (Å²) in [5, 5.41) is 0. The Morgan fingerprint density at radius 2 is 2.06 bits per heavy atom. The molecule has 0 aliphatic heterocycles. The van der Waals surface area contributed by atoms with E-state index >= 15 is 0 Å². The molecule has 0 fully saturated rings. The third kappa shape index (κ3) is 4.84. The van der Waals surface area contributed by atoms with Crippen molar-refractivity contribution in [3.8, 4) is 0 Å². The molecule has 1 rings (SSSR count). The van der Waals surface area contributed by atoms with Crippen LogP contribution in [0.25, 0.3) is 0 Å². The van der Waals surface area contributed by atoms with Crippen molar-refractivity contribution in [2.24, 2.45) is 0 Å². The molecule has 0 bridgehead atoms. The zero-order chi connectivity index (χ0) is 13.4. The Hall–Kier alpha value is -1.42. The highest BCUT2D eigenvalue weighted by molar-refractivity contribution is 5.89. The van der Waals surface area contributed by atoms with Crippen LogP contribution in [0.3, 0.4) is 0 Å². The van der Waals surface area contributed by atoms with Crippen molar-refractivity contribution in [2.75, 3.05) is 19.8 Å². The molecule has 3 nitrogen and oxygen atoms in total. The van der Waals surface area contributed by atoms with Crippen LogP contribution in [0.2, 0.25) is 0 Å². The molecule has 0 aliphatic carbocycles. The minimum absolute atomic E-state index is 0.221. The van der Waals surface area contributed by atoms with Gasteiger partial charge in [0.2, 0.25) is 0 Å². The third-order valence-corrected chi connectivity index (χ3v) is 2.50. The lowest BCUT2D eigenvalue weighted by Gasteiger charge is -2.06. The van der Waals surface area contributed by atoms with Crippen LogP contribution < -0.4 is 0 Å². The second-order valence-corrected chi connectivity index (χ2v) is 4.07. The molecule has 0 aromatic heterocycles. The lowest BCUT2D eigenvalue weighted by Crippen LogP contribution is -2.11. The predicted molar refractivity (Wildman–Crippen MR) is 67.1 cm³/mol. The topological polar surface area (TPSA) is 35.5 Å². The van der Waals surface area contributed by atoms with Gasteiger partial charge >= 0.3 is 5.97 Å². The van der Waals surface area contributed by atoms with Gasteiger partial charge in [-0.3, -0.25) is 0 Å². The van der Waals surface area contributed by atoms with Gasteiger partial charge in [0.05, 0.1) is 12.2 Å². The van der Waals surface area contributed by atoms with E-state index in [-0.39, 0.29) is 12.4 Å². The number of halogens is 1. The molecule has 0 saturated heterocycles. The Kier molecular flexibility index (Phi) is 6.36. The van der Waals surface area contributed by atoms with E-state index in [2.05, 4.69) is 6.92 Å². The minimum Gasteiger partial charge on any atom is -0.460 e. The van der Waals surface area contributed by atoms with E-state index in [4.69, 9.17) is 9.47 Å². The number of hydrogen-bond acceptors (Lipinski definition) is 3. The first kappa shape index (κ1) is 14.6. The number of carbonyl (C=O) groups excluding carboxylic acids is 1. The van der Waals surface area contributed by atoms with Gasteiger partial charge in [0.25, 0.3) is 0 Å². The maximum atomic E-state index is 13.0. The molecule has 4 heteroatoms. The summed E-state index contributed by atoms with van der Waals surface area (Å²) in [4.78, 5) is 11.6. The van der Waals surface area contributed by atoms with Crippen molar-refractivity contribution in [2.45, 2.75) is 26.7 Å². The zero-order valence-corrected chi connectivity index (χ0v) is 10.9.